The van der Waals surface area contributed by atoms with E-state index in [2.05, 4.69) is 41.5 Å². The van der Waals surface area contributed by atoms with Crippen LogP contribution < -0.4 is 0 Å². The van der Waals surface area contributed by atoms with E-state index in [1.54, 1.807) is 0 Å². The highest BCUT2D eigenvalue weighted by Crippen LogP contribution is 2.24. The third-order valence-electron chi connectivity index (χ3n) is 4.72. The molecule has 0 amide bonds. The van der Waals surface area contributed by atoms with Crippen molar-refractivity contribution in [3.8, 4) is 0 Å². The minimum atomic E-state index is 0.853. The van der Waals surface area contributed by atoms with Crippen LogP contribution >= 0.6 is 0 Å². The molecule has 0 rings (SSSR count). The molecule has 2 atom stereocenters. The average molecular weight is 240 g/mol. The Balaban J connectivity index is 3.55. The third-order valence-corrected chi connectivity index (χ3v) is 4.72. The van der Waals surface area contributed by atoms with Crippen molar-refractivity contribution in [1.82, 2.24) is 0 Å². The van der Waals surface area contributed by atoms with Crippen LogP contribution in [-0.2, 0) is 0 Å². The van der Waals surface area contributed by atoms with Crippen LogP contribution in [0.25, 0.3) is 0 Å². The molecule has 0 saturated heterocycles. The van der Waals surface area contributed by atoms with Crippen molar-refractivity contribution in [2.24, 2.45) is 23.7 Å². The minimum absolute atomic E-state index is 0.853. The molecule has 0 saturated carbocycles. The number of hydrogen-bond donors (Lipinski definition) is 0. The highest BCUT2D eigenvalue weighted by Gasteiger charge is 2.10. The Kier molecular flexibility index (Phi) is 9.97. The molecule has 0 spiro atoms. The highest BCUT2D eigenvalue weighted by atomic mass is 14.2. The van der Waals surface area contributed by atoms with E-state index in [4.69, 9.17) is 0 Å². The van der Waals surface area contributed by atoms with Crippen LogP contribution in [0.2, 0.25) is 0 Å². The van der Waals surface area contributed by atoms with Crippen LogP contribution in [0.1, 0.15) is 86.5 Å². The third kappa shape index (κ3) is 8.69. The first kappa shape index (κ1) is 17.0. The van der Waals surface area contributed by atoms with Gasteiger partial charge >= 0.3 is 0 Å². The van der Waals surface area contributed by atoms with Crippen LogP contribution in [0.5, 0.6) is 0 Å². The normalized spacial score (nSPS) is 15.5. The van der Waals surface area contributed by atoms with Crippen molar-refractivity contribution in [3.05, 3.63) is 0 Å². The zero-order chi connectivity index (χ0) is 13.3. The van der Waals surface area contributed by atoms with Crippen molar-refractivity contribution < 1.29 is 0 Å². The van der Waals surface area contributed by atoms with E-state index in [1.165, 1.54) is 44.9 Å². The van der Waals surface area contributed by atoms with Crippen LogP contribution in [0.4, 0.5) is 0 Å². The summed E-state index contributed by atoms with van der Waals surface area (Å²) in [7, 11) is 0. The van der Waals surface area contributed by atoms with E-state index in [1.807, 2.05) is 0 Å². The first-order valence-electron chi connectivity index (χ1n) is 8.01. The molecule has 0 aliphatic rings. The van der Waals surface area contributed by atoms with Crippen molar-refractivity contribution in [3.63, 3.8) is 0 Å². The fraction of sp³-hybridized carbons (Fsp3) is 1.00. The van der Waals surface area contributed by atoms with Crippen LogP contribution in [0.3, 0.4) is 0 Å². The highest BCUT2D eigenvalue weighted by molar-refractivity contribution is 4.62. The summed E-state index contributed by atoms with van der Waals surface area (Å²) in [5, 5.41) is 0. The Bertz CT molecular complexity index is 155. The van der Waals surface area contributed by atoms with Gasteiger partial charge < -0.3 is 0 Å². The summed E-state index contributed by atoms with van der Waals surface area (Å²) in [5.74, 6) is 3.67. The summed E-state index contributed by atoms with van der Waals surface area (Å²) in [6, 6.07) is 0. The zero-order valence-electron chi connectivity index (χ0n) is 13.3. The molecule has 0 radical (unpaired) electrons. The molecule has 0 aliphatic heterocycles. The lowest BCUT2D eigenvalue weighted by Gasteiger charge is -2.19. The van der Waals surface area contributed by atoms with Gasteiger partial charge in [0.1, 0.15) is 0 Å². The Hall–Kier alpha value is 0. The topological polar surface area (TPSA) is 0 Å². The molecule has 0 fully saturated rings. The minimum Gasteiger partial charge on any atom is -0.0651 e. The second kappa shape index (κ2) is 9.97. The molecular formula is C17H36. The van der Waals surface area contributed by atoms with Crippen LogP contribution in [-0.4, -0.2) is 0 Å². The van der Waals surface area contributed by atoms with E-state index in [0.29, 0.717) is 0 Å². The SMILES string of the molecule is CCC(CC)CCCC(C)CCC(C)C(C)C. The maximum Gasteiger partial charge on any atom is -0.0420 e. The fourth-order valence-corrected chi connectivity index (χ4v) is 2.48. The van der Waals surface area contributed by atoms with E-state index in [9.17, 15) is 0 Å². The number of hydrogen-bond acceptors (Lipinski definition) is 0. The predicted molar refractivity (Wildman–Crippen MR) is 80.3 cm³/mol. The van der Waals surface area contributed by atoms with Gasteiger partial charge in [-0.25, -0.2) is 0 Å². The summed E-state index contributed by atoms with van der Waals surface area (Å²) in [6.07, 6.45) is 9.94. The smallest absolute Gasteiger partial charge is 0.0420 e. The Labute approximate surface area is 111 Å². The van der Waals surface area contributed by atoms with Crippen molar-refractivity contribution in [2.75, 3.05) is 0 Å². The molecule has 0 heterocycles. The lowest BCUT2D eigenvalue weighted by molar-refractivity contribution is 0.331. The monoisotopic (exact) mass is 240 g/mol. The van der Waals surface area contributed by atoms with Gasteiger partial charge in [-0.2, -0.15) is 0 Å². The zero-order valence-corrected chi connectivity index (χ0v) is 13.3. The predicted octanol–water partition coefficient (Wildman–Crippen LogP) is 6.30. The van der Waals surface area contributed by atoms with Gasteiger partial charge in [-0.1, -0.05) is 86.5 Å². The standard InChI is InChI=1S/C17H36/c1-7-17(8-2)11-9-10-15(5)12-13-16(6)14(3)4/h14-17H,7-13H2,1-6H3. The van der Waals surface area contributed by atoms with Crippen LogP contribution in [0, 0.1) is 23.7 Å². The molecule has 0 nitrogen and oxygen atoms in total. The Morgan fingerprint density at radius 1 is 0.706 bits per heavy atom. The Morgan fingerprint density at radius 2 is 1.29 bits per heavy atom. The second-order valence-corrected chi connectivity index (χ2v) is 6.52. The van der Waals surface area contributed by atoms with Gasteiger partial charge in [-0.15, -0.1) is 0 Å². The molecule has 0 aromatic carbocycles. The maximum atomic E-state index is 2.44. The average Bonchev–Trinajstić information content (AvgIpc) is 2.31. The molecule has 104 valence electrons. The lowest BCUT2D eigenvalue weighted by atomic mass is 9.87. The van der Waals surface area contributed by atoms with Gasteiger partial charge in [0.05, 0.1) is 0 Å². The Morgan fingerprint density at radius 3 is 1.76 bits per heavy atom. The van der Waals surface area contributed by atoms with Gasteiger partial charge in [0, 0.05) is 0 Å². The molecule has 0 heteroatoms. The molecule has 17 heavy (non-hydrogen) atoms. The van der Waals surface area contributed by atoms with E-state index >= 15 is 0 Å². The summed E-state index contributed by atoms with van der Waals surface area (Å²) < 4.78 is 0. The first-order chi connectivity index (χ1) is 8.01. The largest absolute Gasteiger partial charge is 0.0651 e. The summed E-state index contributed by atoms with van der Waals surface area (Å²) in [6.45, 7) is 14.2. The van der Waals surface area contributed by atoms with Crippen molar-refractivity contribution in [2.45, 2.75) is 86.5 Å². The fourth-order valence-electron chi connectivity index (χ4n) is 2.48. The molecule has 0 aromatic rings. The van der Waals surface area contributed by atoms with Gasteiger partial charge in [0.2, 0.25) is 0 Å². The summed E-state index contributed by atoms with van der Waals surface area (Å²) in [4.78, 5) is 0. The summed E-state index contributed by atoms with van der Waals surface area (Å²) >= 11 is 0. The van der Waals surface area contributed by atoms with Gasteiger partial charge in [0.15, 0.2) is 0 Å². The van der Waals surface area contributed by atoms with Crippen molar-refractivity contribution >= 4 is 0 Å². The molecule has 0 aliphatic carbocycles. The second-order valence-electron chi connectivity index (χ2n) is 6.52. The number of rotatable bonds is 10. The molecule has 0 bridgehead atoms. The molecule has 0 aromatic heterocycles. The maximum absolute atomic E-state index is 2.44. The molecule has 2 unspecified atom stereocenters. The summed E-state index contributed by atoms with van der Waals surface area (Å²) in [5.41, 5.74) is 0. The van der Waals surface area contributed by atoms with E-state index < -0.39 is 0 Å². The van der Waals surface area contributed by atoms with Gasteiger partial charge in [-0.05, 0) is 23.7 Å². The van der Waals surface area contributed by atoms with Gasteiger partial charge in [-0.3, -0.25) is 0 Å². The lowest BCUT2D eigenvalue weighted by Crippen LogP contribution is -2.07. The molecule has 0 N–H and O–H groups in total. The van der Waals surface area contributed by atoms with E-state index in [0.717, 1.165) is 23.7 Å². The first-order valence-corrected chi connectivity index (χ1v) is 8.01. The van der Waals surface area contributed by atoms with Gasteiger partial charge in [0.25, 0.3) is 0 Å². The van der Waals surface area contributed by atoms with Crippen LogP contribution in [0.15, 0.2) is 0 Å². The quantitative estimate of drug-likeness (QED) is 0.420. The molecular weight excluding hydrogens is 204 g/mol. The van der Waals surface area contributed by atoms with Crippen molar-refractivity contribution in [1.29, 1.82) is 0 Å². The van der Waals surface area contributed by atoms with E-state index in [-0.39, 0.29) is 0 Å².